The predicted molar refractivity (Wildman–Crippen MR) is 70.7 cm³/mol. The van der Waals surface area contributed by atoms with Gasteiger partial charge in [0, 0.05) is 19.4 Å². The highest BCUT2D eigenvalue weighted by Gasteiger charge is 2.47. The van der Waals surface area contributed by atoms with E-state index in [1.54, 1.807) is 6.92 Å². The van der Waals surface area contributed by atoms with E-state index < -0.39 is 12.9 Å². The molecule has 0 aliphatic carbocycles. The summed E-state index contributed by atoms with van der Waals surface area (Å²) in [5.74, 6) is 0. The fourth-order valence-corrected chi connectivity index (χ4v) is 4.30. The topological polar surface area (TPSA) is 44.8 Å². The van der Waals surface area contributed by atoms with Crippen molar-refractivity contribution in [2.75, 3.05) is 26.0 Å². The number of rotatable bonds is 10. The van der Waals surface area contributed by atoms with Crippen molar-refractivity contribution < 1.29 is 18.6 Å². The first-order chi connectivity index (χ1) is 7.99. The molecular weight excluding hydrogens is 239 g/mol. The molecule has 0 fully saturated rings. The van der Waals surface area contributed by atoms with Crippen molar-refractivity contribution in [2.24, 2.45) is 0 Å². The van der Waals surface area contributed by atoms with Gasteiger partial charge in [0.25, 0.3) is 7.37 Å². The van der Waals surface area contributed by atoms with Crippen LogP contribution >= 0.6 is 7.37 Å². The number of hydrogen-bond donors (Lipinski definition) is 0. The molecule has 1 atom stereocenters. The number of unbranched alkanes of at least 4 members (excludes halogenated alkanes) is 1. The van der Waals surface area contributed by atoms with Crippen LogP contribution in [0.25, 0.3) is 0 Å². The fourth-order valence-electron chi connectivity index (χ4n) is 1.73. The van der Waals surface area contributed by atoms with E-state index in [2.05, 4.69) is 6.92 Å². The van der Waals surface area contributed by atoms with Gasteiger partial charge in [-0.25, -0.2) is 0 Å². The molecule has 104 valence electrons. The SMILES string of the molecule is CCCCP(=O)(OCC)C(C)(OCC)OCC. The Balaban J connectivity index is 4.98. The molecule has 0 saturated heterocycles. The minimum atomic E-state index is -2.94. The van der Waals surface area contributed by atoms with Gasteiger partial charge in [0.1, 0.15) is 0 Å². The van der Waals surface area contributed by atoms with E-state index in [0.29, 0.717) is 26.0 Å². The first kappa shape index (κ1) is 17.1. The van der Waals surface area contributed by atoms with Crippen LogP contribution in [-0.2, 0) is 18.6 Å². The summed E-state index contributed by atoms with van der Waals surface area (Å²) in [5, 5.41) is 0. The van der Waals surface area contributed by atoms with Gasteiger partial charge in [0.2, 0.25) is 5.53 Å². The molecule has 0 spiro atoms. The van der Waals surface area contributed by atoms with Gasteiger partial charge in [-0.2, -0.15) is 0 Å². The van der Waals surface area contributed by atoms with E-state index >= 15 is 0 Å². The third-order valence-electron chi connectivity index (χ3n) is 2.59. The molecule has 0 aliphatic heterocycles. The van der Waals surface area contributed by atoms with E-state index in [0.717, 1.165) is 12.8 Å². The van der Waals surface area contributed by atoms with Crippen LogP contribution in [0.1, 0.15) is 47.5 Å². The second-order valence-corrected chi connectivity index (χ2v) is 6.80. The van der Waals surface area contributed by atoms with Crippen molar-refractivity contribution in [1.29, 1.82) is 0 Å². The van der Waals surface area contributed by atoms with Gasteiger partial charge in [-0.15, -0.1) is 0 Å². The van der Waals surface area contributed by atoms with Crippen molar-refractivity contribution >= 4 is 7.37 Å². The van der Waals surface area contributed by atoms with Crippen molar-refractivity contribution in [1.82, 2.24) is 0 Å². The Kier molecular flexibility index (Phi) is 8.31. The Hall–Kier alpha value is 0.110. The maximum atomic E-state index is 12.9. The van der Waals surface area contributed by atoms with Crippen LogP contribution in [-0.4, -0.2) is 31.5 Å². The highest BCUT2D eigenvalue weighted by atomic mass is 31.2. The molecule has 0 amide bonds. The minimum absolute atomic E-state index is 0.413. The van der Waals surface area contributed by atoms with Gasteiger partial charge in [-0.1, -0.05) is 13.3 Å². The zero-order chi connectivity index (χ0) is 13.4. The molecule has 0 aromatic rings. The maximum Gasteiger partial charge on any atom is 0.260 e. The summed E-state index contributed by atoms with van der Waals surface area (Å²) >= 11 is 0. The Morgan fingerprint density at radius 2 is 1.53 bits per heavy atom. The molecule has 17 heavy (non-hydrogen) atoms. The molecule has 0 heterocycles. The molecular formula is C12H27O4P. The van der Waals surface area contributed by atoms with Crippen molar-refractivity contribution in [3.63, 3.8) is 0 Å². The quantitative estimate of drug-likeness (QED) is 0.445. The fraction of sp³-hybridized carbons (Fsp3) is 1.00. The van der Waals surface area contributed by atoms with Crippen molar-refractivity contribution in [3.8, 4) is 0 Å². The van der Waals surface area contributed by atoms with Crippen LogP contribution < -0.4 is 0 Å². The summed E-state index contributed by atoms with van der Waals surface area (Å²) in [6.45, 7) is 10.7. The molecule has 0 radical (unpaired) electrons. The number of hydrogen-bond acceptors (Lipinski definition) is 4. The van der Waals surface area contributed by atoms with E-state index in [4.69, 9.17) is 14.0 Å². The lowest BCUT2D eigenvalue weighted by atomic mass is 10.4. The van der Waals surface area contributed by atoms with Gasteiger partial charge in [0.05, 0.1) is 6.61 Å². The van der Waals surface area contributed by atoms with Crippen LogP contribution in [0.5, 0.6) is 0 Å². The molecule has 0 aromatic heterocycles. The average Bonchev–Trinajstić information content (AvgIpc) is 2.27. The van der Waals surface area contributed by atoms with Gasteiger partial charge < -0.3 is 14.0 Å². The lowest BCUT2D eigenvalue weighted by Gasteiger charge is -2.36. The van der Waals surface area contributed by atoms with Crippen molar-refractivity contribution in [3.05, 3.63) is 0 Å². The Morgan fingerprint density at radius 3 is 1.88 bits per heavy atom. The molecule has 0 saturated carbocycles. The van der Waals surface area contributed by atoms with Crippen LogP contribution in [0.3, 0.4) is 0 Å². The summed E-state index contributed by atoms with van der Waals surface area (Å²) in [6.07, 6.45) is 2.34. The normalized spacial score (nSPS) is 15.8. The van der Waals surface area contributed by atoms with E-state index in [1.165, 1.54) is 0 Å². The van der Waals surface area contributed by atoms with Crippen LogP contribution in [0, 0.1) is 0 Å². The molecule has 4 nitrogen and oxygen atoms in total. The van der Waals surface area contributed by atoms with Crippen LogP contribution in [0.4, 0.5) is 0 Å². The second-order valence-electron chi connectivity index (χ2n) is 3.93. The highest BCUT2D eigenvalue weighted by molar-refractivity contribution is 7.60. The molecule has 0 bridgehead atoms. The summed E-state index contributed by atoms with van der Waals surface area (Å²) in [4.78, 5) is 0. The first-order valence-electron chi connectivity index (χ1n) is 6.51. The van der Waals surface area contributed by atoms with Gasteiger partial charge in [-0.05, 0) is 34.1 Å². The third-order valence-corrected chi connectivity index (χ3v) is 5.66. The summed E-state index contributed by atoms with van der Waals surface area (Å²) < 4.78 is 29.6. The molecule has 0 aliphatic rings. The summed E-state index contributed by atoms with van der Waals surface area (Å²) in [5.41, 5.74) is -1.11. The smallest absolute Gasteiger partial charge is 0.260 e. The maximum absolute atomic E-state index is 12.9. The second kappa shape index (κ2) is 8.25. The van der Waals surface area contributed by atoms with Gasteiger partial charge >= 0.3 is 0 Å². The zero-order valence-electron chi connectivity index (χ0n) is 11.8. The first-order valence-corrected chi connectivity index (χ1v) is 8.32. The molecule has 5 heteroatoms. The largest absolute Gasteiger partial charge is 0.342 e. The standard InChI is InChI=1S/C12H27O4P/c1-6-10-11-17(13,16-9-4)12(5,14-7-2)15-8-3/h6-11H2,1-5H3. The molecule has 0 aromatic carbocycles. The molecule has 1 unspecified atom stereocenters. The van der Waals surface area contributed by atoms with Crippen LogP contribution in [0.15, 0.2) is 0 Å². The van der Waals surface area contributed by atoms with Gasteiger partial charge in [-0.3, -0.25) is 4.57 Å². The predicted octanol–water partition coefficient (Wildman–Crippen LogP) is 3.85. The summed E-state index contributed by atoms with van der Waals surface area (Å²) in [7, 11) is -2.94. The van der Waals surface area contributed by atoms with Crippen LogP contribution in [0.2, 0.25) is 0 Å². The highest BCUT2D eigenvalue weighted by Crippen LogP contribution is 2.60. The average molecular weight is 266 g/mol. The molecule has 0 N–H and O–H groups in total. The van der Waals surface area contributed by atoms with Gasteiger partial charge in [0.15, 0.2) is 0 Å². The minimum Gasteiger partial charge on any atom is -0.342 e. The lowest BCUT2D eigenvalue weighted by molar-refractivity contribution is -0.168. The Bertz CT molecular complexity index is 237. The number of ether oxygens (including phenoxy) is 2. The third kappa shape index (κ3) is 4.70. The lowest BCUT2D eigenvalue weighted by Crippen LogP contribution is -2.34. The van der Waals surface area contributed by atoms with E-state index in [9.17, 15) is 4.57 Å². The van der Waals surface area contributed by atoms with Crippen molar-refractivity contribution in [2.45, 2.75) is 53.0 Å². The van der Waals surface area contributed by atoms with E-state index in [-0.39, 0.29) is 0 Å². The van der Waals surface area contributed by atoms with E-state index in [1.807, 2.05) is 20.8 Å². The summed E-state index contributed by atoms with van der Waals surface area (Å²) in [6, 6.07) is 0. The Labute approximate surface area is 105 Å². The monoisotopic (exact) mass is 266 g/mol. The molecule has 0 rings (SSSR count). The Morgan fingerprint density at radius 1 is 1.00 bits per heavy atom. The zero-order valence-corrected chi connectivity index (χ0v) is 12.7.